The number of rotatable bonds is 3. The van der Waals surface area contributed by atoms with E-state index in [4.69, 9.17) is 5.26 Å². The van der Waals surface area contributed by atoms with E-state index in [-0.39, 0.29) is 6.61 Å². The summed E-state index contributed by atoms with van der Waals surface area (Å²) in [6.07, 6.45) is -0.728. The van der Waals surface area contributed by atoms with Crippen LogP contribution in [0.2, 0.25) is 0 Å². The Morgan fingerprint density at radius 1 is 1.64 bits per heavy atom. The smallest absolute Gasteiger partial charge is 0.451 e. The van der Waals surface area contributed by atoms with Crippen molar-refractivity contribution in [2.75, 3.05) is 6.61 Å². The van der Waals surface area contributed by atoms with Crippen LogP contribution in [0.4, 0.5) is 9.32 Å². The molecule has 0 aromatic carbocycles. The number of carbonyl (C=O) groups is 2. The molecule has 0 aliphatic heterocycles. The van der Waals surface area contributed by atoms with Gasteiger partial charge in [0, 0.05) is 4.53 Å². The molecule has 0 saturated carbocycles. The molecule has 7 heteroatoms. The number of nitrogens with one attached hydrogen (secondary N) is 1. The highest BCUT2D eigenvalue weighted by molar-refractivity contribution is 6.04. The lowest BCUT2D eigenvalue weighted by molar-refractivity contribution is -0.118. The minimum Gasteiger partial charge on any atom is -0.500 e. The number of imide groups is 1. The number of amides is 2. The van der Waals surface area contributed by atoms with Crippen molar-refractivity contribution in [3.8, 4) is 6.07 Å². The van der Waals surface area contributed by atoms with Gasteiger partial charge in [-0.05, 0) is 6.92 Å². The normalized spacial score (nSPS) is 9.93. The lowest BCUT2D eigenvalue weighted by Gasteiger charge is -1.98. The van der Waals surface area contributed by atoms with Crippen molar-refractivity contribution in [3.63, 3.8) is 0 Å². The number of ether oxygens (including phenoxy) is 1. The summed E-state index contributed by atoms with van der Waals surface area (Å²) in [5, 5.41) is 9.85. The van der Waals surface area contributed by atoms with Crippen LogP contribution < -0.4 is 5.32 Å². The number of nitriles is 1. The Morgan fingerprint density at radius 2 is 2.29 bits per heavy atom. The molecule has 2 amide bonds. The predicted octanol–water partition coefficient (Wildman–Crippen LogP) is 0.568. The lowest BCUT2D eigenvalue weighted by atomic mass is 10.3. The molecule has 0 heterocycles. The van der Waals surface area contributed by atoms with Crippen LogP contribution in [0.15, 0.2) is 11.8 Å². The summed E-state index contributed by atoms with van der Waals surface area (Å²) in [5.41, 5.74) is -0.461. The third-order valence-electron chi connectivity index (χ3n) is 1.02. The van der Waals surface area contributed by atoms with E-state index in [1.807, 2.05) is 0 Å². The zero-order valence-corrected chi connectivity index (χ0v) is 7.24. The average Bonchev–Trinajstić information content (AvgIpc) is 2.18. The van der Waals surface area contributed by atoms with E-state index >= 15 is 0 Å². The Labute approximate surface area is 78.8 Å². The minimum atomic E-state index is -1.59. The summed E-state index contributed by atoms with van der Waals surface area (Å²) in [5.74, 6) is -1.09. The molecule has 0 spiro atoms. The molecular formula is C7H7FN2O4. The molecule has 0 aliphatic carbocycles. The van der Waals surface area contributed by atoms with Crippen LogP contribution in [0.5, 0.6) is 0 Å². The van der Waals surface area contributed by atoms with Gasteiger partial charge in [0.05, 0.1) is 6.61 Å². The zero-order chi connectivity index (χ0) is 11.0. The summed E-state index contributed by atoms with van der Waals surface area (Å²) in [6.45, 7) is 1.89. The molecule has 1 N–H and O–H groups in total. The summed E-state index contributed by atoms with van der Waals surface area (Å²) < 4.78 is 15.8. The topological polar surface area (TPSA) is 88.4 Å². The van der Waals surface area contributed by atoms with Crippen LogP contribution in [-0.4, -0.2) is 18.6 Å². The molecule has 14 heavy (non-hydrogen) atoms. The lowest BCUT2D eigenvalue weighted by Crippen LogP contribution is -2.30. The first kappa shape index (κ1) is 11.9. The Bertz CT molecular complexity index is 295. The molecule has 0 bridgehead atoms. The van der Waals surface area contributed by atoms with E-state index in [1.165, 1.54) is 11.4 Å². The SMILES string of the molecule is CCO/C=C(\C#N)C(=O)NC(=O)OF. The van der Waals surface area contributed by atoms with E-state index in [1.54, 1.807) is 6.92 Å². The first-order valence-corrected chi connectivity index (χ1v) is 3.51. The minimum absolute atomic E-state index is 0.256. The number of nitrogens with zero attached hydrogens (tertiary/aromatic N) is 1. The monoisotopic (exact) mass is 202 g/mol. The Hall–Kier alpha value is -2.10. The number of hydrogen-bond donors (Lipinski definition) is 1. The van der Waals surface area contributed by atoms with Crippen molar-refractivity contribution < 1.29 is 23.8 Å². The second kappa shape index (κ2) is 6.42. The summed E-state index contributed by atoms with van der Waals surface area (Å²) in [4.78, 5) is 23.8. The van der Waals surface area contributed by atoms with E-state index in [2.05, 4.69) is 9.68 Å². The van der Waals surface area contributed by atoms with Gasteiger partial charge < -0.3 is 4.74 Å². The largest absolute Gasteiger partial charge is 0.500 e. The van der Waals surface area contributed by atoms with Crippen molar-refractivity contribution >= 4 is 12.0 Å². The van der Waals surface area contributed by atoms with Crippen LogP contribution in [0.25, 0.3) is 0 Å². The van der Waals surface area contributed by atoms with Gasteiger partial charge in [-0.15, -0.1) is 0 Å². The van der Waals surface area contributed by atoms with Crippen LogP contribution in [0, 0.1) is 11.3 Å². The molecular weight excluding hydrogens is 195 g/mol. The highest BCUT2D eigenvalue weighted by atomic mass is 19.3. The fourth-order valence-electron chi connectivity index (χ4n) is 0.477. The molecule has 0 aliphatic rings. The maximum Gasteiger partial charge on any atom is 0.451 e. The first-order chi connectivity index (χ1) is 6.65. The molecule has 0 aromatic rings. The van der Waals surface area contributed by atoms with E-state index in [0.717, 1.165) is 6.26 Å². The molecule has 0 unspecified atom stereocenters. The fourth-order valence-corrected chi connectivity index (χ4v) is 0.477. The molecule has 0 fully saturated rings. The average molecular weight is 202 g/mol. The third-order valence-corrected chi connectivity index (χ3v) is 1.02. The highest BCUT2D eigenvalue weighted by Crippen LogP contribution is 1.94. The van der Waals surface area contributed by atoms with Gasteiger partial charge in [-0.25, -0.2) is 9.74 Å². The second-order valence-corrected chi connectivity index (χ2v) is 1.92. The molecule has 0 aromatic heterocycles. The van der Waals surface area contributed by atoms with Crippen molar-refractivity contribution in [3.05, 3.63) is 11.8 Å². The first-order valence-electron chi connectivity index (χ1n) is 3.51. The number of halogens is 1. The number of carbonyl (C=O) groups excluding carboxylic acids is 2. The molecule has 0 atom stereocenters. The van der Waals surface area contributed by atoms with E-state index in [0.29, 0.717) is 0 Å². The Balaban J connectivity index is 4.34. The number of hydrogen-bond acceptors (Lipinski definition) is 5. The maximum absolute atomic E-state index is 11.2. The van der Waals surface area contributed by atoms with Gasteiger partial charge in [0.15, 0.2) is 5.57 Å². The summed E-state index contributed by atoms with van der Waals surface area (Å²) >= 11 is 0. The third kappa shape index (κ3) is 4.06. The van der Waals surface area contributed by atoms with Crippen molar-refractivity contribution in [1.82, 2.24) is 5.32 Å². The van der Waals surface area contributed by atoms with Gasteiger partial charge in [0.25, 0.3) is 5.91 Å². The van der Waals surface area contributed by atoms with Crippen LogP contribution >= 0.6 is 0 Å². The predicted molar refractivity (Wildman–Crippen MR) is 41.1 cm³/mol. The molecule has 6 nitrogen and oxygen atoms in total. The molecule has 76 valence electrons. The van der Waals surface area contributed by atoms with Gasteiger partial charge >= 0.3 is 6.09 Å². The fraction of sp³-hybridized carbons (Fsp3) is 0.286. The van der Waals surface area contributed by atoms with E-state index < -0.39 is 17.6 Å². The second-order valence-electron chi connectivity index (χ2n) is 1.92. The van der Waals surface area contributed by atoms with Gasteiger partial charge in [0.2, 0.25) is 0 Å². The summed E-state index contributed by atoms with van der Waals surface area (Å²) in [6, 6.07) is 1.46. The Kier molecular flexibility index (Phi) is 5.46. The van der Waals surface area contributed by atoms with Crippen molar-refractivity contribution in [1.29, 1.82) is 5.26 Å². The summed E-state index contributed by atoms with van der Waals surface area (Å²) in [7, 11) is 0. The molecule has 0 radical (unpaired) electrons. The Morgan fingerprint density at radius 3 is 2.71 bits per heavy atom. The van der Waals surface area contributed by atoms with Crippen LogP contribution in [0.1, 0.15) is 6.92 Å². The van der Waals surface area contributed by atoms with Gasteiger partial charge in [-0.3, -0.25) is 10.1 Å². The molecule has 0 saturated heterocycles. The van der Waals surface area contributed by atoms with Crippen LogP contribution in [-0.2, 0) is 14.5 Å². The van der Waals surface area contributed by atoms with Gasteiger partial charge in [0.1, 0.15) is 12.3 Å². The highest BCUT2D eigenvalue weighted by Gasteiger charge is 2.14. The standard InChI is InChI=1S/C7H7FN2O4/c1-2-13-4-5(3-9)6(11)10-7(12)14-8/h4H,2H2,1H3,(H,10,11,12)/b5-4+. The quantitative estimate of drug-likeness (QED) is 0.410. The van der Waals surface area contributed by atoms with Crippen molar-refractivity contribution in [2.45, 2.75) is 6.92 Å². The maximum atomic E-state index is 11.2. The molecule has 0 rings (SSSR count). The van der Waals surface area contributed by atoms with Crippen molar-refractivity contribution in [2.24, 2.45) is 0 Å². The van der Waals surface area contributed by atoms with Gasteiger partial charge in [-0.1, -0.05) is 0 Å². The van der Waals surface area contributed by atoms with Gasteiger partial charge in [-0.2, -0.15) is 5.26 Å². The zero-order valence-electron chi connectivity index (χ0n) is 7.24. The van der Waals surface area contributed by atoms with E-state index in [9.17, 15) is 14.1 Å². The van der Waals surface area contributed by atoms with Crippen LogP contribution in [0.3, 0.4) is 0 Å².